The molecule has 0 amide bonds. The zero-order valence-electron chi connectivity index (χ0n) is 10.9. The van der Waals surface area contributed by atoms with E-state index in [-0.39, 0.29) is 5.78 Å². The number of hydrogen-bond acceptors (Lipinski definition) is 1. The van der Waals surface area contributed by atoms with Gasteiger partial charge in [0.25, 0.3) is 0 Å². The van der Waals surface area contributed by atoms with Crippen LogP contribution in [0.1, 0.15) is 17.3 Å². The molecule has 1 heteroatoms. The molecule has 0 saturated heterocycles. The van der Waals surface area contributed by atoms with E-state index in [0.717, 1.165) is 11.1 Å². The molecule has 19 heavy (non-hydrogen) atoms. The summed E-state index contributed by atoms with van der Waals surface area (Å²) in [4.78, 5) is 11.8. The molecule has 0 atom stereocenters. The van der Waals surface area contributed by atoms with Crippen molar-refractivity contribution in [1.82, 2.24) is 0 Å². The van der Waals surface area contributed by atoms with Crippen molar-refractivity contribution in [3.63, 3.8) is 0 Å². The van der Waals surface area contributed by atoms with Crippen molar-refractivity contribution in [2.75, 3.05) is 0 Å². The molecule has 0 aliphatic rings. The highest BCUT2D eigenvalue weighted by Crippen LogP contribution is 2.19. The Bertz CT molecular complexity index is 589. The summed E-state index contributed by atoms with van der Waals surface area (Å²) >= 11 is 0. The average molecular weight is 248 g/mol. The molecule has 2 aromatic rings. The van der Waals surface area contributed by atoms with Crippen LogP contribution in [0.3, 0.4) is 0 Å². The van der Waals surface area contributed by atoms with Gasteiger partial charge in [-0.15, -0.1) is 0 Å². The lowest BCUT2D eigenvalue weighted by atomic mass is 10.0. The van der Waals surface area contributed by atoms with Crippen molar-refractivity contribution in [3.05, 3.63) is 84.5 Å². The summed E-state index contributed by atoms with van der Waals surface area (Å²) in [6.07, 6.45) is 7.07. The highest BCUT2D eigenvalue weighted by molar-refractivity contribution is 6.04. The van der Waals surface area contributed by atoms with E-state index in [1.54, 1.807) is 12.2 Å². The number of ketones is 1. The van der Waals surface area contributed by atoms with Crippen molar-refractivity contribution >= 4 is 5.78 Å². The van der Waals surface area contributed by atoms with Gasteiger partial charge in [0.1, 0.15) is 0 Å². The average Bonchev–Trinajstić information content (AvgIpc) is 2.48. The molecule has 0 bridgehead atoms. The number of hydrogen-bond donors (Lipinski definition) is 0. The Kier molecular flexibility index (Phi) is 4.46. The number of carbonyl (C=O) groups is 1. The molecule has 94 valence electrons. The largest absolute Gasteiger partial charge is 0.289 e. The molecule has 0 aliphatic heterocycles. The zero-order chi connectivity index (χ0) is 13.5. The Morgan fingerprint density at radius 1 is 0.842 bits per heavy atom. The molecular formula is C18H16O. The molecule has 0 spiro atoms. The maximum atomic E-state index is 11.8. The molecule has 1 nitrogen and oxygen atoms in total. The minimum atomic E-state index is 0.0257. The van der Waals surface area contributed by atoms with Crippen molar-refractivity contribution < 1.29 is 4.79 Å². The van der Waals surface area contributed by atoms with Crippen molar-refractivity contribution in [2.45, 2.75) is 6.92 Å². The molecule has 0 saturated carbocycles. The van der Waals surface area contributed by atoms with E-state index in [9.17, 15) is 4.79 Å². The van der Waals surface area contributed by atoms with Crippen LogP contribution in [0.2, 0.25) is 0 Å². The summed E-state index contributed by atoms with van der Waals surface area (Å²) in [5.74, 6) is 0.0257. The number of rotatable bonds is 4. The molecule has 0 N–H and O–H groups in total. The van der Waals surface area contributed by atoms with Gasteiger partial charge < -0.3 is 0 Å². The van der Waals surface area contributed by atoms with Crippen LogP contribution in [-0.2, 0) is 0 Å². The molecule has 0 fully saturated rings. The van der Waals surface area contributed by atoms with E-state index in [4.69, 9.17) is 0 Å². The lowest BCUT2D eigenvalue weighted by Gasteiger charge is -2.02. The van der Waals surface area contributed by atoms with Gasteiger partial charge in [0, 0.05) is 5.56 Å². The first-order valence-corrected chi connectivity index (χ1v) is 6.30. The van der Waals surface area contributed by atoms with Gasteiger partial charge in [-0.1, -0.05) is 72.8 Å². The minimum absolute atomic E-state index is 0.0257. The van der Waals surface area contributed by atoms with Crippen LogP contribution in [0.5, 0.6) is 0 Å². The Morgan fingerprint density at radius 3 is 2.11 bits per heavy atom. The molecule has 0 aliphatic carbocycles. The SMILES string of the molecule is C/C=C/C=C/C(=O)c1ccc(-c2ccccc2)cc1. The first kappa shape index (κ1) is 13.0. The lowest BCUT2D eigenvalue weighted by molar-refractivity contribution is 0.104. The highest BCUT2D eigenvalue weighted by atomic mass is 16.1. The third kappa shape index (κ3) is 3.52. The quantitative estimate of drug-likeness (QED) is 0.436. The van der Waals surface area contributed by atoms with Crippen LogP contribution in [0, 0.1) is 0 Å². The maximum absolute atomic E-state index is 11.8. The van der Waals surface area contributed by atoms with Crippen molar-refractivity contribution in [3.8, 4) is 11.1 Å². The fourth-order valence-corrected chi connectivity index (χ4v) is 1.81. The van der Waals surface area contributed by atoms with Crippen LogP contribution in [0.4, 0.5) is 0 Å². The number of benzene rings is 2. The summed E-state index contributed by atoms with van der Waals surface area (Å²) in [6, 6.07) is 17.8. The van der Waals surface area contributed by atoms with Gasteiger partial charge in [-0.05, 0) is 24.1 Å². The Balaban J connectivity index is 2.17. The third-order valence-corrected chi connectivity index (χ3v) is 2.83. The van der Waals surface area contributed by atoms with Crippen LogP contribution in [-0.4, -0.2) is 5.78 Å². The third-order valence-electron chi connectivity index (χ3n) is 2.83. The summed E-state index contributed by atoms with van der Waals surface area (Å²) < 4.78 is 0. The zero-order valence-corrected chi connectivity index (χ0v) is 10.9. The Morgan fingerprint density at radius 2 is 1.47 bits per heavy atom. The van der Waals surface area contributed by atoms with Gasteiger partial charge in [0.2, 0.25) is 0 Å². The van der Waals surface area contributed by atoms with E-state index >= 15 is 0 Å². The fraction of sp³-hybridized carbons (Fsp3) is 0.0556. The molecule has 0 radical (unpaired) electrons. The second-order valence-electron chi connectivity index (χ2n) is 4.19. The summed E-state index contributed by atoms with van der Waals surface area (Å²) in [7, 11) is 0. The van der Waals surface area contributed by atoms with Crippen LogP contribution in [0.15, 0.2) is 78.9 Å². The van der Waals surface area contributed by atoms with E-state index in [1.165, 1.54) is 0 Å². The predicted molar refractivity (Wildman–Crippen MR) is 80.2 cm³/mol. The smallest absolute Gasteiger partial charge is 0.185 e. The van der Waals surface area contributed by atoms with E-state index in [1.807, 2.05) is 61.5 Å². The first-order valence-electron chi connectivity index (χ1n) is 6.30. The van der Waals surface area contributed by atoms with Gasteiger partial charge in [0.05, 0.1) is 0 Å². The highest BCUT2D eigenvalue weighted by Gasteiger charge is 2.02. The topological polar surface area (TPSA) is 17.1 Å². The Hall–Kier alpha value is -2.41. The number of allylic oxidation sites excluding steroid dienone is 4. The lowest BCUT2D eigenvalue weighted by Crippen LogP contribution is -1.93. The second-order valence-corrected chi connectivity index (χ2v) is 4.19. The van der Waals surface area contributed by atoms with Crippen molar-refractivity contribution in [2.24, 2.45) is 0 Å². The summed E-state index contributed by atoms with van der Waals surface area (Å²) in [5, 5.41) is 0. The molecule has 2 aromatic carbocycles. The monoisotopic (exact) mass is 248 g/mol. The van der Waals surface area contributed by atoms with Gasteiger partial charge in [-0.25, -0.2) is 0 Å². The summed E-state index contributed by atoms with van der Waals surface area (Å²) in [6.45, 7) is 1.92. The van der Waals surface area contributed by atoms with Gasteiger partial charge in [-0.2, -0.15) is 0 Å². The van der Waals surface area contributed by atoms with Gasteiger partial charge in [-0.3, -0.25) is 4.79 Å². The maximum Gasteiger partial charge on any atom is 0.185 e. The minimum Gasteiger partial charge on any atom is -0.289 e. The molecule has 0 unspecified atom stereocenters. The molecular weight excluding hydrogens is 232 g/mol. The van der Waals surface area contributed by atoms with E-state index in [0.29, 0.717) is 5.56 Å². The van der Waals surface area contributed by atoms with Crippen molar-refractivity contribution in [1.29, 1.82) is 0 Å². The predicted octanol–water partition coefficient (Wildman–Crippen LogP) is 4.67. The second kappa shape index (κ2) is 6.50. The van der Waals surface area contributed by atoms with Crippen LogP contribution >= 0.6 is 0 Å². The Labute approximate surface area is 113 Å². The van der Waals surface area contributed by atoms with Crippen LogP contribution in [0.25, 0.3) is 11.1 Å². The normalized spacial score (nSPS) is 11.2. The van der Waals surface area contributed by atoms with Gasteiger partial charge in [0.15, 0.2) is 5.78 Å². The van der Waals surface area contributed by atoms with E-state index < -0.39 is 0 Å². The van der Waals surface area contributed by atoms with Crippen LogP contribution < -0.4 is 0 Å². The summed E-state index contributed by atoms with van der Waals surface area (Å²) in [5.41, 5.74) is 2.99. The van der Waals surface area contributed by atoms with Gasteiger partial charge >= 0.3 is 0 Å². The standard InChI is InChI=1S/C18H16O/c1-2-3-5-10-18(19)17-13-11-16(12-14-17)15-8-6-4-7-9-15/h2-14H,1H3/b3-2+,10-5+. The molecule has 2 rings (SSSR count). The molecule has 0 heterocycles. The number of carbonyl (C=O) groups excluding carboxylic acids is 1. The fourth-order valence-electron chi connectivity index (χ4n) is 1.81. The van der Waals surface area contributed by atoms with E-state index in [2.05, 4.69) is 12.1 Å². The molecule has 0 aromatic heterocycles. The first-order chi connectivity index (χ1) is 9.31.